The number of hydrogen-bond acceptors (Lipinski definition) is 2. The predicted octanol–water partition coefficient (Wildman–Crippen LogP) is 4.03. The number of rotatable bonds is 0. The predicted molar refractivity (Wildman–Crippen MR) is 60.8 cm³/mol. The number of nitrogens with zero attached hydrogens (tertiary/aromatic N) is 1. The Morgan fingerprint density at radius 1 is 1.24 bits per heavy atom. The van der Waals surface area contributed by atoms with Crippen molar-refractivity contribution in [3.8, 4) is 5.75 Å². The zero-order valence-corrected chi connectivity index (χ0v) is 10.2. The maximum Gasteiger partial charge on any atom is 0.418 e. The molecule has 0 aliphatic heterocycles. The lowest BCUT2D eigenvalue weighted by Gasteiger charge is -2.12. The summed E-state index contributed by atoms with van der Waals surface area (Å²) in [5.41, 5.74) is -0.762. The summed E-state index contributed by atoms with van der Waals surface area (Å²) in [5, 5.41) is 9.72. The van der Waals surface area contributed by atoms with Crippen molar-refractivity contribution in [3.63, 3.8) is 0 Å². The number of benzene rings is 1. The molecular formula is C11H7BrF3NO. The van der Waals surface area contributed by atoms with Crippen molar-refractivity contribution in [1.29, 1.82) is 0 Å². The summed E-state index contributed by atoms with van der Waals surface area (Å²) in [6.07, 6.45) is -4.50. The van der Waals surface area contributed by atoms with Gasteiger partial charge in [-0.1, -0.05) is 15.9 Å². The maximum atomic E-state index is 12.8. The van der Waals surface area contributed by atoms with Crippen LogP contribution in [0.2, 0.25) is 0 Å². The van der Waals surface area contributed by atoms with Crippen LogP contribution in [0.5, 0.6) is 5.75 Å². The van der Waals surface area contributed by atoms with E-state index in [9.17, 15) is 18.3 Å². The molecule has 90 valence electrons. The molecule has 0 aliphatic rings. The molecule has 17 heavy (non-hydrogen) atoms. The lowest BCUT2D eigenvalue weighted by Crippen LogP contribution is -2.07. The molecule has 0 radical (unpaired) electrons. The van der Waals surface area contributed by atoms with Crippen LogP contribution in [0.15, 0.2) is 22.7 Å². The number of fused-ring (bicyclic) bond motifs is 1. The van der Waals surface area contributed by atoms with Gasteiger partial charge in [-0.05, 0) is 19.1 Å². The van der Waals surface area contributed by atoms with Gasteiger partial charge in [0.25, 0.3) is 0 Å². The molecule has 0 bridgehead atoms. The topological polar surface area (TPSA) is 33.1 Å². The summed E-state index contributed by atoms with van der Waals surface area (Å²) in [4.78, 5) is 3.84. The second-order valence-electron chi connectivity index (χ2n) is 3.63. The highest BCUT2D eigenvalue weighted by atomic mass is 79.9. The minimum absolute atomic E-state index is 0.0808. The van der Waals surface area contributed by atoms with Gasteiger partial charge in [0.05, 0.1) is 11.1 Å². The van der Waals surface area contributed by atoms with Crippen molar-refractivity contribution >= 4 is 26.8 Å². The molecular weight excluding hydrogens is 299 g/mol. The minimum Gasteiger partial charge on any atom is -0.507 e. The fraction of sp³-hybridized carbons (Fsp3) is 0.182. The molecule has 0 fully saturated rings. The number of aryl methyl sites for hydroxylation is 1. The van der Waals surface area contributed by atoms with E-state index in [2.05, 4.69) is 20.9 Å². The van der Waals surface area contributed by atoms with E-state index < -0.39 is 11.7 Å². The monoisotopic (exact) mass is 305 g/mol. The van der Waals surface area contributed by atoms with Gasteiger partial charge < -0.3 is 5.11 Å². The number of alkyl halides is 3. The number of halogens is 4. The molecule has 2 rings (SSSR count). The summed E-state index contributed by atoms with van der Waals surface area (Å²) < 4.78 is 38.7. The molecule has 1 aromatic heterocycles. The first-order chi connectivity index (χ1) is 7.79. The Labute approximate surface area is 103 Å². The lowest BCUT2D eigenvalue weighted by atomic mass is 10.1. The van der Waals surface area contributed by atoms with E-state index in [1.807, 2.05) is 0 Å². The van der Waals surface area contributed by atoms with Crippen molar-refractivity contribution in [2.24, 2.45) is 0 Å². The van der Waals surface area contributed by atoms with Crippen molar-refractivity contribution in [2.75, 3.05) is 0 Å². The third-order valence-corrected chi connectivity index (χ3v) is 2.75. The van der Waals surface area contributed by atoms with Gasteiger partial charge in [0.2, 0.25) is 0 Å². The first kappa shape index (κ1) is 12.2. The van der Waals surface area contributed by atoms with Crippen LogP contribution in [0, 0.1) is 6.92 Å². The summed E-state index contributed by atoms with van der Waals surface area (Å²) in [5.74, 6) is -0.209. The third-order valence-electron chi connectivity index (χ3n) is 2.29. The van der Waals surface area contributed by atoms with Gasteiger partial charge in [-0.15, -0.1) is 0 Å². The van der Waals surface area contributed by atoms with E-state index in [1.54, 1.807) is 0 Å². The number of hydrogen-bond donors (Lipinski definition) is 1. The Morgan fingerprint density at radius 2 is 1.88 bits per heavy atom. The van der Waals surface area contributed by atoms with Crippen molar-refractivity contribution in [2.45, 2.75) is 13.1 Å². The molecule has 2 aromatic rings. The van der Waals surface area contributed by atoms with E-state index in [0.717, 1.165) is 6.07 Å². The molecule has 1 aromatic carbocycles. The Bertz CT molecular complexity index is 595. The Balaban J connectivity index is 2.93. The van der Waals surface area contributed by atoms with Crippen LogP contribution >= 0.6 is 15.9 Å². The smallest absolute Gasteiger partial charge is 0.418 e. The average Bonchev–Trinajstić information content (AvgIpc) is 2.16. The highest BCUT2D eigenvalue weighted by Crippen LogP contribution is 2.38. The number of aromatic nitrogens is 1. The highest BCUT2D eigenvalue weighted by Gasteiger charge is 2.34. The van der Waals surface area contributed by atoms with Gasteiger partial charge in [-0.25, -0.2) is 0 Å². The normalized spacial score (nSPS) is 12.1. The van der Waals surface area contributed by atoms with Crippen LogP contribution in [-0.4, -0.2) is 10.1 Å². The largest absolute Gasteiger partial charge is 0.507 e. The van der Waals surface area contributed by atoms with Gasteiger partial charge in [-0.2, -0.15) is 13.2 Å². The van der Waals surface area contributed by atoms with Crippen molar-refractivity contribution in [1.82, 2.24) is 4.98 Å². The van der Waals surface area contributed by atoms with E-state index >= 15 is 0 Å². The quantitative estimate of drug-likeness (QED) is 0.797. The van der Waals surface area contributed by atoms with Gasteiger partial charge >= 0.3 is 6.18 Å². The zero-order valence-electron chi connectivity index (χ0n) is 8.64. The lowest BCUT2D eigenvalue weighted by molar-refractivity contribution is -0.136. The highest BCUT2D eigenvalue weighted by molar-refractivity contribution is 9.10. The van der Waals surface area contributed by atoms with Crippen molar-refractivity contribution < 1.29 is 18.3 Å². The SMILES string of the molecule is Cc1cc(O)c2cc(Br)cc(C(F)(F)F)c2n1. The van der Waals surface area contributed by atoms with Crippen molar-refractivity contribution in [3.05, 3.63) is 33.9 Å². The molecule has 0 atom stereocenters. The number of aromatic hydroxyl groups is 1. The molecule has 0 unspecified atom stereocenters. The standard InChI is InChI=1S/C11H7BrF3NO/c1-5-2-9(17)7-3-6(12)4-8(10(7)16-5)11(13,14)15/h2-4H,1H3,(H,16,17). The van der Waals surface area contributed by atoms with E-state index in [1.165, 1.54) is 19.1 Å². The molecule has 0 spiro atoms. The van der Waals surface area contributed by atoms with Gasteiger partial charge in [0.1, 0.15) is 5.75 Å². The summed E-state index contributed by atoms with van der Waals surface area (Å²) in [6, 6.07) is 3.69. The van der Waals surface area contributed by atoms with Crippen LogP contribution in [0.1, 0.15) is 11.3 Å². The Kier molecular flexibility index (Phi) is 2.77. The van der Waals surface area contributed by atoms with Crippen LogP contribution in [0.3, 0.4) is 0 Å². The Hall–Kier alpha value is -1.30. The van der Waals surface area contributed by atoms with Crippen LogP contribution < -0.4 is 0 Å². The maximum absolute atomic E-state index is 12.8. The average molecular weight is 306 g/mol. The number of pyridine rings is 1. The fourth-order valence-corrected chi connectivity index (χ4v) is 2.07. The zero-order chi connectivity index (χ0) is 12.8. The van der Waals surface area contributed by atoms with Gasteiger partial charge in [-0.3, -0.25) is 4.98 Å². The summed E-state index contributed by atoms with van der Waals surface area (Å²) in [7, 11) is 0. The first-order valence-corrected chi connectivity index (χ1v) is 5.45. The second-order valence-corrected chi connectivity index (χ2v) is 4.55. The van der Waals surface area contributed by atoms with Crippen LogP contribution in [0.4, 0.5) is 13.2 Å². The molecule has 6 heteroatoms. The second kappa shape index (κ2) is 3.87. The van der Waals surface area contributed by atoms with Crippen LogP contribution in [0.25, 0.3) is 10.9 Å². The van der Waals surface area contributed by atoms with E-state index in [-0.39, 0.29) is 21.1 Å². The molecule has 1 N–H and O–H groups in total. The summed E-state index contributed by atoms with van der Waals surface area (Å²) >= 11 is 2.99. The van der Waals surface area contributed by atoms with E-state index in [0.29, 0.717) is 5.69 Å². The van der Waals surface area contributed by atoms with Crippen LogP contribution in [-0.2, 0) is 6.18 Å². The minimum atomic E-state index is -4.50. The summed E-state index contributed by atoms with van der Waals surface area (Å²) in [6.45, 7) is 1.53. The van der Waals surface area contributed by atoms with E-state index in [4.69, 9.17) is 0 Å². The Morgan fingerprint density at radius 3 is 2.47 bits per heavy atom. The molecule has 0 saturated carbocycles. The molecule has 1 heterocycles. The molecule has 2 nitrogen and oxygen atoms in total. The molecule has 0 saturated heterocycles. The molecule has 0 amide bonds. The van der Waals surface area contributed by atoms with Gasteiger partial charge in [0.15, 0.2) is 0 Å². The molecule has 0 aliphatic carbocycles. The first-order valence-electron chi connectivity index (χ1n) is 4.66. The fourth-order valence-electron chi connectivity index (χ4n) is 1.62. The third kappa shape index (κ3) is 2.22. The van der Waals surface area contributed by atoms with Gasteiger partial charge in [0, 0.05) is 21.6 Å².